The second kappa shape index (κ2) is 12.8. The molecular formula is C25H34ClN3O5S. The molecule has 35 heavy (non-hydrogen) atoms. The number of anilines is 1. The number of nitrogens with one attached hydrogen (secondary N) is 1. The number of sulfonamides is 1. The van der Waals surface area contributed by atoms with Crippen LogP contribution in [-0.4, -0.2) is 57.6 Å². The average Bonchev–Trinajstić information content (AvgIpc) is 2.81. The van der Waals surface area contributed by atoms with E-state index in [0.717, 1.165) is 16.1 Å². The van der Waals surface area contributed by atoms with E-state index in [1.165, 1.54) is 12.0 Å². The number of amides is 2. The zero-order chi connectivity index (χ0) is 26.2. The summed E-state index contributed by atoms with van der Waals surface area (Å²) in [6.45, 7) is 5.91. The molecule has 0 bridgehead atoms. The quantitative estimate of drug-likeness (QED) is 0.457. The largest absolute Gasteiger partial charge is 0.497 e. The summed E-state index contributed by atoms with van der Waals surface area (Å²) in [6, 6.07) is 12.7. The van der Waals surface area contributed by atoms with Crippen LogP contribution in [0.4, 0.5) is 5.69 Å². The number of ether oxygens (including phenoxy) is 1. The van der Waals surface area contributed by atoms with Crippen LogP contribution in [-0.2, 0) is 26.2 Å². The molecule has 8 nitrogen and oxygen atoms in total. The molecule has 2 rings (SSSR count). The fraction of sp³-hybridized carbons (Fsp3) is 0.440. The molecule has 0 spiro atoms. The van der Waals surface area contributed by atoms with Gasteiger partial charge in [0.05, 0.1) is 19.1 Å². The van der Waals surface area contributed by atoms with Gasteiger partial charge in [0, 0.05) is 24.2 Å². The summed E-state index contributed by atoms with van der Waals surface area (Å²) in [5, 5.41) is 3.44. The third-order valence-electron chi connectivity index (χ3n) is 5.36. The summed E-state index contributed by atoms with van der Waals surface area (Å²) in [4.78, 5) is 28.1. The first-order valence-corrected chi connectivity index (χ1v) is 13.6. The third kappa shape index (κ3) is 8.43. The van der Waals surface area contributed by atoms with Gasteiger partial charge in [-0.05, 0) is 42.2 Å². The highest BCUT2D eigenvalue weighted by Crippen LogP contribution is 2.24. The van der Waals surface area contributed by atoms with Crippen LogP contribution in [0, 0.1) is 5.92 Å². The molecule has 0 radical (unpaired) electrons. The van der Waals surface area contributed by atoms with Crippen molar-refractivity contribution in [1.29, 1.82) is 0 Å². The van der Waals surface area contributed by atoms with E-state index in [0.29, 0.717) is 29.4 Å². The number of carbonyl (C=O) groups is 2. The molecule has 192 valence electrons. The van der Waals surface area contributed by atoms with Crippen molar-refractivity contribution in [2.24, 2.45) is 5.92 Å². The van der Waals surface area contributed by atoms with Gasteiger partial charge in [-0.2, -0.15) is 0 Å². The zero-order valence-electron chi connectivity index (χ0n) is 20.8. The summed E-state index contributed by atoms with van der Waals surface area (Å²) >= 11 is 6.01. The van der Waals surface area contributed by atoms with Crippen molar-refractivity contribution in [1.82, 2.24) is 10.2 Å². The predicted molar refractivity (Wildman–Crippen MR) is 139 cm³/mol. The standard InChI is InChI=1S/C25H34ClN3O5S/c1-6-23(25(31)27-15-18(2)3)28(16-19-10-12-20(26)13-11-19)24(30)17-29(35(5,32)33)21-8-7-9-22(14-21)34-4/h7-14,18,23H,6,15-17H2,1-5H3,(H,27,31)/t23-/m0/s1. The molecule has 0 aliphatic carbocycles. The second-order valence-corrected chi connectivity index (χ2v) is 11.0. The molecule has 2 amide bonds. The Balaban J connectivity index is 2.42. The Morgan fingerprint density at radius 1 is 1.11 bits per heavy atom. The molecule has 0 saturated heterocycles. The number of nitrogens with zero attached hydrogens (tertiary/aromatic N) is 2. The smallest absolute Gasteiger partial charge is 0.244 e. The van der Waals surface area contributed by atoms with Crippen LogP contribution in [0.2, 0.25) is 5.02 Å². The fourth-order valence-corrected chi connectivity index (χ4v) is 4.48. The maximum Gasteiger partial charge on any atom is 0.244 e. The van der Waals surface area contributed by atoms with Crippen LogP contribution < -0.4 is 14.4 Å². The minimum absolute atomic E-state index is 0.124. The maximum absolute atomic E-state index is 13.6. The van der Waals surface area contributed by atoms with E-state index in [4.69, 9.17) is 16.3 Å². The Kier molecular flexibility index (Phi) is 10.4. The predicted octanol–water partition coefficient (Wildman–Crippen LogP) is 3.69. The Morgan fingerprint density at radius 3 is 2.31 bits per heavy atom. The Hall–Kier alpha value is -2.78. The number of carbonyl (C=O) groups excluding carboxylic acids is 2. The van der Waals surface area contributed by atoms with Gasteiger partial charge in [-0.15, -0.1) is 0 Å². The van der Waals surface area contributed by atoms with E-state index in [2.05, 4.69) is 5.32 Å². The summed E-state index contributed by atoms with van der Waals surface area (Å²) in [5.41, 5.74) is 1.06. The Bertz CT molecular complexity index is 1110. The monoisotopic (exact) mass is 523 g/mol. The number of halogens is 1. The first-order valence-electron chi connectivity index (χ1n) is 11.4. The van der Waals surface area contributed by atoms with Gasteiger partial charge in [-0.25, -0.2) is 8.42 Å². The molecule has 0 aliphatic rings. The van der Waals surface area contributed by atoms with E-state index in [1.807, 2.05) is 20.8 Å². The molecule has 1 atom stereocenters. The molecule has 0 heterocycles. The van der Waals surface area contributed by atoms with E-state index in [1.54, 1.807) is 48.5 Å². The lowest BCUT2D eigenvalue weighted by atomic mass is 10.1. The molecule has 0 fully saturated rings. The van der Waals surface area contributed by atoms with Gasteiger partial charge in [-0.1, -0.05) is 50.6 Å². The van der Waals surface area contributed by atoms with Crippen LogP contribution in [0.25, 0.3) is 0 Å². The van der Waals surface area contributed by atoms with Gasteiger partial charge < -0.3 is 15.0 Å². The minimum atomic E-state index is -3.81. The van der Waals surface area contributed by atoms with Crippen molar-refractivity contribution in [2.75, 3.05) is 30.8 Å². The van der Waals surface area contributed by atoms with Crippen molar-refractivity contribution in [3.8, 4) is 5.75 Å². The number of benzene rings is 2. The number of hydrogen-bond acceptors (Lipinski definition) is 5. The van der Waals surface area contributed by atoms with E-state index < -0.39 is 28.5 Å². The molecule has 0 saturated carbocycles. The highest BCUT2D eigenvalue weighted by atomic mass is 35.5. The van der Waals surface area contributed by atoms with Gasteiger partial charge in [0.25, 0.3) is 0 Å². The lowest BCUT2D eigenvalue weighted by molar-refractivity contribution is -0.140. The highest BCUT2D eigenvalue weighted by molar-refractivity contribution is 7.92. The van der Waals surface area contributed by atoms with Crippen LogP contribution >= 0.6 is 11.6 Å². The first kappa shape index (κ1) is 28.5. The van der Waals surface area contributed by atoms with Crippen LogP contribution in [0.1, 0.15) is 32.8 Å². The number of methoxy groups -OCH3 is 1. The van der Waals surface area contributed by atoms with Crippen molar-refractivity contribution in [2.45, 2.75) is 39.8 Å². The van der Waals surface area contributed by atoms with Crippen LogP contribution in [0.5, 0.6) is 5.75 Å². The molecule has 1 N–H and O–H groups in total. The summed E-state index contributed by atoms with van der Waals surface area (Å²) < 4.78 is 31.5. The molecule has 0 aliphatic heterocycles. The second-order valence-electron chi connectivity index (χ2n) is 8.68. The molecular weight excluding hydrogens is 490 g/mol. The van der Waals surface area contributed by atoms with Gasteiger partial charge in [0.1, 0.15) is 18.3 Å². The van der Waals surface area contributed by atoms with E-state index in [9.17, 15) is 18.0 Å². The highest BCUT2D eigenvalue weighted by Gasteiger charge is 2.31. The Labute approximate surface area is 213 Å². The summed E-state index contributed by atoms with van der Waals surface area (Å²) in [7, 11) is -2.34. The first-order chi connectivity index (χ1) is 16.5. The third-order valence-corrected chi connectivity index (χ3v) is 6.75. The zero-order valence-corrected chi connectivity index (χ0v) is 22.4. The van der Waals surface area contributed by atoms with Crippen LogP contribution in [0.3, 0.4) is 0 Å². The van der Waals surface area contributed by atoms with Gasteiger partial charge in [0.15, 0.2) is 0 Å². The average molecular weight is 524 g/mol. The van der Waals surface area contributed by atoms with Crippen molar-refractivity contribution in [3.63, 3.8) is 0 Å². The van der Waals surface area contributed by atoms with Crippen molar-refractivity contribution >= 4 is 39.1 Å². The fourth-order valence-electron chi connectivity index (χ4n) is 3.51. The van der Waals surface area contributed by atoms with Gasteiger partial charge in [-0.3, -0.25) is 13.9 Å². The molecule has 0 unspecified atom stereocenters. The Morgan fingerprint density at radius 2 is 1.77 bits per heavy atom. The normalized spacial score (nSPS) is 12.2. The summed E-state index contributed by atoms with van der Waals surface area (Å²) in [6.07, 6.45) is 1.40. The molecule has 2 aromatic carbocycles. The maximum atomic E-state index is 13.6. The molecule has 0 aromatic heterocycles. The van der Waals surface area contributed by atoms with Gasteiger partial charge in [0.2, 0.25) is 21.8 Å². The van der Waals surface area contributed by atoms with Gasteiger partial charge >= 0.3 is 0 Å². The number of hydrogen-bond donors (Lipinski definition) is 1. The summed E-state index contributed by atoms with van der Waals surface area (Å²) in [5.74, 6) is -0.0812. The van der Waals surface area contributed by atoms with Crippen LogP contribution in [0.15, 0.2) is 48.5 Å². The van der Waals surface area contributed by atoms with Crippen molar-refractivity contribution < 1.29 is 22.7 Å². The molecule has 10 heteroatoms. The minimum Gasteiger partial charge on any atom is -0.497 e. The molecule has 2 aromatic rings. The van der Waals surface area contributed by atoms with E-state index in [-0.39, 0.29) is 18.4 Å². The lowest BCUT2D eigenvalue weighted by Gasteiger charge is -2.33. The number of rotatable bonds is 12. The topological polar surface area (TPSA) is 96.0 Å². The van der Waals surface area contributed by atoms with Crippen molar-refractivity contribution in [3.05, 3.63) is 59.1 Å². The SMILES string of the molecule is CC[C@@H](C(=O)NCC(C)C)N(Cc1ccc(Cl)cc1)C(=O)CN(c1cccc(OC)c1)S(C)(=O)=O. The lowest BCUT2D eigenvalue weighted by Crippen LogP contribution is -2.52. The van der Waals surface area contributed by atoms with E-state index >= 15 is 0 Å².